The first-order valence-corrected chi connectivity index (χ1v) is 9.31. The van der Waals surface area contributed by atoms with Crippen LogP contribution in [0.15, 0.2) is 48.5 Å². The van der Waals surface area contributed by atoms with Gasteiger partial charge in [0.15, 0.2) is 0 Å². The van der Waals surface area contributed by atoms with Crippen LogP contribution in [0.1, 0.15) is 11.1 Å². The van der Waals surface area contributed by atoms with Crippen molar-refractivity contribution in [3.8, 4) is 28.8 Å². The zero-order valence-corrected chi connectivity index (χ0v) is 16.1. The van der Waals surface area contributed by atoms with Gasteiger partial charge in [0.05, 0.1) is 26.5 Å². The van der Waals surface area contributed by atoms with Gasteiger partial charge in [0.2, 0.25) is 0 Å². The van der Waals surface area contributed by atoms with Gasteiger partial charge in [0.1, 0.15) is 17.3 Å². The maximum Gasteiger partial charge on any atom is 0.318 e. The molecule has 6 nitrogen and oxygen atoms in total. The molecule has 1 aliphatic heterocycles. The van der Waals surface area contributed by atoms with Crippen LogP contribution in [0.5, 0.6) is 17.5 Å². The second kappa shape index (κ2) is 8.17. The number of hydrogen-bond acceptors (Lipinski definition) is 6. The zero-order valence-electron chi connectivity index (χ0n) is 16.1. The number of rotatable bonds is 7. The van der Waals surface area contributed by atoms with E-state index in [0.717, 1.165) is 54.6 Å². The summed E-state index contributed by atoms with van der Waals surface area (Å²) in [6.45, 7) is 1.49. The summed E-state index contributed by atoms with van der Waals surface area (Å²) in [6.07, 6.45) is 1.81. The van der Waals surface area contributed by atoms with Crippen molar-refractivity contribution in [1.82, 2.24) is 9.97 Å². The summed E-state index contributed by atoms with van der Waals surface area (Å²) >= 11 is 0. The molecular formula is C22H23N3O3. The van der Waals surface area contributed by atoms with Gasteiger partial charge in [-0.2, -0.15) is 9.97 Å². The van der Waals surface area contributed by atoms with Crippen LogP contribution >= 0.6 is 0 Å². The summed E-state index contributed by atoms with van der Waals surface area (Å²) in [5.41, 5.74) is 4.30. The number of benzene rings is 2. The molecule has 1 aromatic heterocycles. The molecule has 6 heteroatoms. The number of ether oxygens (including phenoxy) is 3. The molecule has 0 radical (unpaired) electrons. The molecule has 4 rings (SSSR count). The average molecular weight is 377 g/mol. The Morgan fingerprint density at radius 1 is 1.00 bits per heavy atom. The van der Waals surface area contributed by atoms with Crippen molar-refractivity contribution < 1.29 is 14.2 Å². The summed E-state index contributed by atoms with van der Waals surface area (Å²) in [6, 6.07) is 16.5. The quantitative estimate of drug-likeness (QED) is 0.676. The monoisotopic (exact) mass is 377 g/mol. The van der Waals surface area contributed by atoms with Crippen LogP contribution in [-0.4, -0.2) is 37.3 Å². The minimum absolute atomic E-state index is 0.348. The van der Waals surface area contributed by atoms with Crippen molar-refractivity contribution in [1.29, 1.82) is 0 Å². The molecule has 2 aromatic carbocycles. The molecule has 0 spiro atoms. The zero-order chi connectivity index (χ0) is 19.3. The smallest absolute Gasteiger partial charge is 0.318 e. The number of fused-ring (bicyclic) bond motifs is 1. The fourth-order valence-electron chi connectivity index (χ4n) is 3.23. The Hall–Kier alpha value is -3.28. The van der Waals surface area contributed by atoms with E-state index in [-0.39, 0.29) is 0 Å². The highest BCUT2D eigenvalue weighted by Crippen LogP contribution is 2.31. The number of anilines is 1. The van der Waals surface area contributed by atoms with Gasteiger partial charge in [-0.05, 0) is 47.9 Å². The molecule has 0 atom stereocenters. The van der Waals surface area contributed by atoms with Crippen molar-refractivity contribution in [2.45, 2.75) is 12.8 Å². The first-order valence-electron chi connectivity index (χ1n) is 9.31. The Morgan fingerprint density at radius 2 is 1.86 bits per heavy atom. The Labute approximate surface area is 164 Å². The van der Waals surface area contributed by atoms with E-state index in [9.17, 15) is 0 Å². The fourth-order valence-corrected chi connectivity index (χ4v) is 3.23. The lowest BCUT2D eigenvalue weighted by Crippen LogP contribution is -2.08. The standard InChI is InChI=1S/C22H23N3O3/c1-26-18-6-3-15(4-7-18)9-11-23-21-14-19(24-22(25-21)27-2)16-5-8-20-17(13-16)10-12-28-20/h3-8,13-14H,9-12H2,1-2H3,(H,23,24,25). The van der Waals surface area contributed by atoms with Crippen LogP contribution in [-0.2, 0) is 12.8 Å². The average Bonchev–Trinajstić information content (AvgIpc) is 3.22. The van der Waals surface area contributed by atoms with Gasteiger partial charge in [0, 0.05) is 24.6 Å². The topological polar surface area (TPSA) is 65.5 Å². The number of nitrogens with one attached hydrogen (secondary N) is 1. The van der Waals surface area contributed by atoms with Crippen LogP contribution in [0.3, 0.4) is 0 Å². The molecule has 2 heterocycles. The maximum atomic E-state index is 5.59. The van der Waals surface area contributed by atoms with E-state index < -0.39 is 0 Å². The molecule has 1 N–H and O–H groups in total. The fraction of sp³-hybridized carbons (Fsp3) is 0.273. The number of hydrogen-bond donors (Lipinski definition) is 1. The third-order valence-electron chi connectivity index (χ3n) is 4.75. The summed E-state index contributed by atoms with van der Waals surface area (Å²) < 4.78 is 16.1. The molecule has 0 amide bonds. The third kappa shape index (κ3) is 4.01. The van der Waals surface area contributed by atoms with E-state index >= 15 is 0 Å². The van der Waals surface area contributed by atoms with E-state index in [1.807, 2.05) is 30.3 Å². The van der Waals surface area contributed by atoms with Crippen molar-refractivity contribution in [2.75, 3.05) is 32.7 Å². The number of methoxy groups -OCH3 is 2. The Kier molecular flexibility index (Phi) is 5.28. The predicted molar refractivity (Wildman–Crippen MR) is 108 cm³/mol. The molecule has 28 heavy (non-hydrogen) atoms. The SMILES string of the molecule is COc1ccc(CCNc2cc(-c3ccc4c(c3)CCO4)nc(OC)n2)cc1. The molecule has 0 bridgehead atoms. The highest BCUT2D eigenvalue weighted by Gasteiger charge is 2.14. The lowest BCUT2D eigenvalue weighted by molar-refractivity contribution is 0.357. The molecule has 0 saturated heterocycles. The van der Waals surface area contributed by atoms with Gasteiger partial charge in [0.25, 0.3) is 0 Å². The summed E-state index contributed by atoms with van der Waals surface area (Å²) in [7, 11) is 3.25. The lowest BCUT2D eigenvalue weighted by atomic mass is 10.1. The third-order valence-corrected chi connectivity index (χ3v) is 4.75. The van der Waals surface area contributed by atoms with E-state index in [2.05, 4.69) is 33.5 Å². The first kappa shape index (κ1) is 18.1. The van der Waals surface area contributed by atoms with Gasteiger partial charge < -0.3 is 19.5 Å². The van der Waals surface area contributed by atoms with E-state index in [0.29, 0.717) is 6.01 Å². The van der Waals surface area contributed by atoms with Crippen molar-refractivity contribution in [3.05, 3.63) is 59.7 Å². The molecule has 0 saturated carbocycles. The number of nitrogens with zero attached hydrogens (tertiary/aromatic N) is 2. The minimum Gasteiger partial charge on any atom is -0.497 e. The van der Waals surface area contributed by atoms with Gasteiger partial charge in [-0.3, -0.25) is 0 Å². The van der Waals surface area contributed by atoms with Crippen LogP contribution < -0.4 is 19.5 Å². The molecular weight excluding hydrogens is 354 g/mol. The maximum absolute atomic E-state index is 5.59. The van der Waals surface area contributed by atoms with E-state index in [4.69, 9.17) is 14.2 Å². The largest absolute Gasteiger partial charge is 0.497 e. The highest BCUT2D eigenvalue weighted by atomic mass is 16.5. The Balaban J connectivity index is 1.48. The van der Waals surface area contributed by atoms with Crippen LogP contribution in [0.25, 0.3) is 11.3 Å². The summed E-state index contributed by atoms with van der Waals surface area (Å²) in [5, 5.41) is 3.37. The molecule has 144 valence electrons. The van der Waals surface area contributed by atoms with E-state index in [1.165, 1.54) is 11.1 Å². The van der Waals surface area contributed by atoms with Crippen molar-refractivity contribution in [2.24, 2.45) is 0 Å². The van der Waals surface area contributed by atoms with Crippen LogP contribution in [0.2, 0.25) is 0 Å². The predicted octanol–water partition coefficient (Wildman–Crippen LogP) is 3.75. The van der Waals surface area contributed by atoms with Gasteiger partial charge in [-0.15, -0.1) is 0 Å². The van der Waals surface area contributed by atoms with Gasteiger partial charge in [-0.25, -0.2) is 0 Å². The molecule has 0 aliphatic carbocycles. The van der Waals surface area contributed by atoms with Crippen molar-refractivity contribution >= 4 is 5.82 Å². The van der Waals surface area contributed by atoms with Gasteiger partial charge in [-0.1, -0.05) is 12.1 Å². The second-order valence-electron chi connectivity index (χ2n) is 6.57. The molecule has 0 fully saturated rings. The van der Waals surface area contributed by atoms with Gasteiger partial charge >= 0.3 is 6.01 Å². The second-order valence-corrected chi connectivity index (χ2v) is 6.57. The first-order chi connectivity index (χ1) is 13.7. The van der Waals surface area contributed by atoms with Crippen LogP contribution in [0.4, 0.5) is 5.82 Å². The Bertz CT molecular complexity index is 958. The normalized spacial score (nSPS) is 12.2. The molecule has 3 aromatic rings. The summed E-state index contributed by atoms with van der Waals surface area (Å²) in [4.78, 5) is 8.92. The van der Waals surface area contributed by atoms with E-state index in [1.54, 1.807) is 14.2 Å². The minimum atomic E-state index is 0.348. The molecule has 1 aliphatic rings. The van der Waals surface area contributed by atoms with Crippen molar-refractivity contribution in [3.63, 3.8) is 0 Å². The Morgan fingerprint density at radius 3 is 2.64 bits per heavy atom. The number of aromatic nitrogens is 2. The van der Waals surface area contributed by atoms with Crippen LogP contribution in [0, 0.1) is 0 Å². The molecule has 0 unspecified atom stereocenters. The highest BCUT2D eigenvalue weighted by molar-refractivity contribution is 5.65. The lowest BCUT2D eigenvalue weighted by Gasteiger charge is -2.10. The summed E-state index contributed by atoms with van der Waals surface area (Å²) in [5.74, 6) is 2.57.